The van der Waals surface area contributed by atoms with Gasteiger partial charge in [-0.25, -0.2) is 14.2 Å². The molecule has 0 saturated heterocycles. The molecule has 0 saturated carbocycles. The Bertz CT molecular complexity index is 709. The summed E-state index contributed by atoms with van der Waals surface area (Å²) in [6.45, 7) is 1.29. The number of nitrogens with one attached hydrogen (secondary N) is 1. The predicted molar refractivity (Wildman–Crippen MR) is 95.2 cm³/mol. The summed E-state index contributed by atoms with van der Waals surface area (Å²) in [4.78, 5) is 20.3. The zero-order valence-electron chi connectivity index (χ0n) is 14.7. The van der Waals surface area contributed by atoms with Crippen molar-refractivity contribution >= 4 is 11.7 Å². The van der Waals surface area contributed by atoms with Crippen LogP contribution in [0.5, 0.6) is 5.88 Å². The topological polar surface area (TPSA) is 57.7 Å². The number of urea groups is 1. The van der Waals surface area contributed by atoms with Crippen molar-refractivity contribution in [3.8, 4) is 5.88 Å². The molecule has 134 valence electrons. The third-order valence-corrected chi connectivity index (χ3v) is 3.63. The molecule has 1 N–H and O–H groups in total. The van der Waals surface area contributed by atoms with Crippen LogP contribution in [-0.2, 0) is 6.54 Å². The maximum atomic E-state index is 14.0. The number of hydrogen-bond donors (Lipinski definition) is 1. The van der Waals surface area contributed by atoms with Crippen LogP contribution >= 0.6 is 0 Å². The fourth-order valence-corrected chi connectivity index (χ4v) is 2.25. The van der Waals surface area contributed by atoms with Gasteiger partial charge in [0.25, 0.3) is 0 Å². The highest BCUT2D eigenvalue weighted by Gasteiger charge is 2.18. The smallest absolute Gasteiger partial charge is 0.322 e. The molecule has 0 radical (unpaired) electrons. The van der Waals surface area contributed by atoms with Crippen LogP contribution in [0, 0.1) is 5.82 Å². The second-order valence-corrected chi connectivity index (χ2v) is 5.81. The largest absolute Gasteiger partial charge is 0.480 e. The number of amides is 2. The van der Waals surface area contributed by atoms with E-state index in [1.807, 2.05) is 19.0 Å². The van der Waals surface area contributed by atoms with Crippen molar-refractivity contribution in [1.29, 1.82) is 0 Å². The van der Waals surface area contributed by atoms with Crippen molar-refractivity contribution in [3.63, 3.8) is 0 Å². The number of carbonyl (C=O) groups is 1. The van der Waals surface area contributed by atoms with Crippen LogP contribution in [0.25, 0.3) is 0 Å². The zero-order valence-corrected chi connectivity index (χ0v) is 14.7. The molecule has 2 aromatic rings. The van der Waals surface area contributed by atoms with Crippen molar-refractivity contribution in [2.75, 3.05) is 39.6 Å². The van der Waals surface area contributed by atoms with Gasteiger partial charge >= 0.3 is 6.03 Å². The van der Waals surface area contributed by atoms with E-state index in [1.165, 1.54) is 13.2 Å². The molecule has 2 amide bonds. The molecular formula is C18H23FN4O2. The normalized spacial score (nSPS) is 10.6. The van der Waals surface area contributed by atoms with Crippen molar-refractivity contribution in [2.24, 2.45) is 0 Å². The van der Waals surface area contributed by atoms with Gasteiger partial charge < -0.3 is 19.9 Å². The molecule has 0 fully saturated rings. The number of aromatic nitrogens is 1. The van der Waals surface area contributed by atoms with E-state index in [9.17, 15) is 9.18 Å². The highest BCUT2D eigenvalue weighted by atomic mass is 19.1. The second kappa shape index (κ2) is 8.98. The van der Waals surface area contributed by atoms with E-state index in [-0.39, 0.29) is 18.4 Å². The Morgan fingerprint density at radius 1 is 1.20 bits per heavy atom. The van der Waals surface area contributed by atoms with Gasteiger partial charge in [-0.15, -0.1) is 0 Å². The molecule has 2 rings (SSSR count). The van der Waals surface area contributed by atoms with E-state index in [4.69, 9.17) is 4.74 Å². The first kappa shape index (κ1) is 18.7. The molecule has 0 aliphatic rings. The van der Waals surface area contributed by atoms with Gasteiger partial charge in [-0.1, -0.05) is 18.2 Å². The molecule has 0 bridgehead atoms. The minimum Gasteiger partial charge on any atom is -0.480 e. The molecule has 0 atom stereocenters. The predicted octanol–water partition coefficient (Wildman–Crippen LogP) is 2.83. The Kier molecular flexibility index (Phi) is 6.71. The fraction of sp³-hybridized carbons (Fsp3) is 0.333. The number of halogens is 1. The lowest BCUT2D eigenvalue weighted by Gasteiger charge is -2.25. The summed E-state index contributed by atoms with van der Waals surface area (Å²) in [7, 11) is 5.33. The summed E-state index contributed by atoms with van der Waals surface area (Å²) < 4.78 is 19.1. The van der Waals surface area contributed by atoms with Crippen LogP contribution in [0.1, 0.15) is 5.56 Å². The van der Waals surface area contributed by atoms with Crippen LogP contribution in [0.4, 0.5) is 14.9 Å². The highest BCUT2D eigenvalue weighted by Crippen LogP contribution is 2.20. The number of methoxy groups -OCH3 is 1. The summed E-state index contributed by atoms with van der Waals surface area (Å²) in [6, 6.07) is 9.53. The number of likely N-dealkylation sites (N-methyl/N-ethyl adjacent to an activating group) is 1. The monoisotopic (exact) mass is 346 g/mol. The number of rotatable bonds is 7. The lowest BCUT2D eigenvalue weighted by atomic mass is 10.2. The van der Waals surface area contributed by atoms with Crippen LogP contribution in [0.3, 0.4) is 0 Å². The van der Waals surface area contributed by atoms with E-state index in [1.54, 1.807) is 41.4 Å². The van der Waals surface area contributed by atoms with Crippen LogP contribution < -0.4 is 10.1 Å². The Hall–Kier alpha value is -2.67. The molecule has 1 heterocycles. The van der Waals surface area contributed by atoms with Crippen molar-refractivity contribution < 1.29 is 13.9 Å². The van der Waals surface area contributed by atoms with Gasteiger partial charge in [-0.3, -0.25) is 0 Å². The molecule has 0 aliphatic carbocycles. The maximum Gasteiger partial charge on any atom is 0.322 e. The zero-order chi connectivity index (χ0) is 18.2. The minimum absolute atomic E-state index is 0.176. The van der Waals surface area contributed by atoms with E-state index in [2.05, 4.69) is 10.3 Å². The first-order chi connectivity index (χ1) is 12.0. The Morgan fingerprint density at radius 2 is 1.96 bits per heavy atom. The van der Waals surface area contributed by atoms with Gasteiger partial charge in [0.15, 0.2) is 0 Å². The quantitative estimate of drug-likeness (QED) is 0.838. The molecule has 0 spiro atoms. The lowest BCUT2D eigenvalue weighted by molar-refractivity contribution is 0.201. The van der Waals surface area contributed by atoms with Crippen LogP contribution in [0.2, 0.25) is 0 Å². The fourth-order valence-electron chi connectivity index (χ4n) is 2.25. The highest BCUT2D eigenvalue weighted by molar-refractivity contribution is 5.90. The van der Waals surface area contributed by atoms with Crippen molar-refractivity contribution in [2.45, 2.75) is 6.54 Å². The summed E-state index contributed by atoms with van der Waals surface area (Å²) in [5.74, 6) is -0.00147. The van der Waals surface area contributed by atoms with E-state index in [0.29, 0.717) is 30.2 Å². The van der Waals surface area contributed by atoms with Gasteiger partial charge in [0.1, 0.15) is 11.5 Å². The third kappa shape index (κ3) is 5.42. The SMILES string of the molecule is COc1ncccc1NC(=O)N(CCN(C)C)Cc1ccccc1F. The van der Waals surface area contributed by atoms with Crippen molar-refractivity contribution in [1.82, 2.24) is 14.8 Å². The molecule has 1 aromatic heterocycles. The van der Waals surface area contributed by atoms with Gasteiger partial charge in [-0.05, 0) is 32.3 Å². The number of ether oxygens (including phenoxy) is 1. The number of benzene rings is 1. The summed E-state index contributed by atoms with van der Waals surface area (Å²) in [5, 5.41) is 2.78. The number of nitrogens with zero attached hydrogens (tertiary/aromatic N) is 3. The van der Waals surface area contributed by atoms with Gasteiger partial charge in [0.05, 0.1) is 13.7 Å². The number of carbonyl (C=O) groups excluding carboxylic acids is 1. The van der Waals surface area contributed by atoms with E-state index in [0.717, 1.165) is 0 Å². The first-order valence-corrected chi connectivity index (χ1v) is 7.94. The molecule has 1 aromatic carbocycles. The van der Waals surface area contributed by atoms with Crippen molar-refractivity contribution in [3.05, 3.63) is 54.0 Å². The average molecular weight is 346 g/mol. The molecule has 7 heteroatoms. The Balaban J connectivity index is 2.16. The number of hydrogen-bond acceptors (Lipinski definition) is 4. The standard InChI is InChI=1S/C18H23FN4O2/c1-22(2)11-12-23(13-14-7-4-5-8-15(14)19)18(24)21-16-9-6-10-20-17(16)25-3/h4-10H,11-13H2,1-3H3,(H,21,24). The average Bonchev–Trinajstić information content (AvgIpc) is 2.60. The minimum atomic E-state index is -0.337. The molecule has 0 unspecified atom stereocenters. The lowest BCUT2D eigenvalue weighted by Crippen LogP contribution is -2.39. The molecule has 6 nitrogen and oxygen atoms in total. The van der Waals surface area contributed by atoms with Crippen LogP contribution in [-0.4, -0.2) is 55.1 Å². The first-order valence-electron chi connectivity index (χ1n) is 7.94. The summed E-state index contributed by atoms with van der Waals surface area (Å²) in [6.07, 6.45) is 1.58. The van der Waals surface area contributed by atoms with Crippen LogP contribution in [0.15, 0.2) is 42.6 Å². The Labute approximate surface area is 147 Å². The third-order valence-electron chi connectivity index (χ3n) is 3.63. The van der Waals surface area contributed by atoms with E-state index < -0.39 is 0 Å². The second-order valence-electron chi connectivity index (χ2n) is 5.81. The molecular weight excluding hydrogens is 323 g/mol. The summed E-state index contributed by atoms with van der Waals surface area (Å²) >= 11 is 0. The Morgan fingerprint density at radius 3 is 2.64 bits per heavy atom. The summed E-state index contributed by atoms with van der Waals surface area (Å²) in [5.41, 5.74) is 0.938. The molecule has 25 heavy (non-hydrogen) atoms. The molecule has 0 aliphatic heterocycles. The van der Waals surface area contributed by atoms with Gasteiger partial charge in [0, 0.05) is 24.8 Å². The number of pyridine rings is 1. The van der Waals surface area contributed by atoms with Gasteiger partial charge in [0.2, 0.25) is 5.88 Å². The van der Waals surface area contributed by atoms with E-state index >= 15 is 0 Å². The maximum absolute atomic E-state index is 14.0. The van der Waals surface area contributed by atoms with Gasteiger partial charge in [-0.2, -0.15) is 0 Å². The number of anilines is 1.